The van der Waals surface area contributed by atoms with Crippen LogP contribution >= 0.6 is 0 Å². The van der Waals surface area contributed by atoms with Gasteiger partial charge in [0.25, 0.3) is 0 Å². The number of carbonyl (C=O) groups excluding carboxylic acids is 1. The largest absolute Gasteiger partial charge is 0.469 e. The Hall–Kier alpha value is -1.77. The van der Waals surface area contributed by atoms with Crippen molar-refractivity contribution < 1.29 is 35.9 Å². The molecule has 0 fully saturated rings. The Kier molecular flexibility index (Phi) is 4.87. The molecule has 118 valence electrons. The number of carbonyl (C=O) groups is 1. The van der Waals surface area contributed by atoms with Crippen molar-refractivity contribution >= 4 is 5.97 Å². The number of halogens is 6. The van der Waals surface area contributed by atoms with Crippen LogP contribution in [0, 0.1) is 0 Å². The summed E-state index contributed by atoms with van der Waals surface area (Å²) in [4.78, 5) is 11.0. The van der Waals surface area contributed by atoms with E-state index >= 15 is 0 Å². The monoisotopic (exact) mass is 315 g/mol. The van der Waals surface area contributed by atoms with Crippen LogP contribution in [0.4, 0.5) is 26.3 Å². The van der Waals surface area contributed by atoms with E-state index in [-0.39, 0.29) is 6.07 Å². The second-order valence-electron chi connectivity index (χ2n) is 4.23. The third kappa shape index (κ3) is 4.62. The SMILES string of the molecule is COC(=O)CC(N)c1cc(C(F)(F)F)cc(C(F)(F)F)c1. The summed E-state index contributed by atoms with van der Waals surface area (Å²) < 4.78 is 80.0. The summed E-state index contributed by atoms with van der Waals surface area (Å²) in [5.41, 5.74) is 2.06. The van der Waals surface area contributed by atoms with Crippen LogP contribution < -0.4 is 5.73 Å². The molecular formula is C12H11F6NO2. The molecule has 0 bridgehead atoms. The van der Waals surface area contributed by atoms with E-state index in [1.54, 1.807) is 0 Å². The minimum absolute atomic E-state index is 0.00559. The van der Waals surface area contributed by atoms with Gasteiger partial charge in [-0.1, -0.05) is 0 Å². The second-order valence-corrected chi connectivity index (χ2v) is 4.23. The summed E-state index contributed by atoms with van der Waals surface area (Å²) >= 11 is 0. The first-order valence-electron chi connectivity index (χ1n) is 5.57. The number of hydrogen-bond donors (Lipinski definition) is 1. The molecule has 0 aromatic heterocycles. The molecular weight excluding hydrogens is 304 g/mol. The molecule has 1 aromatic carbocycles. The topological polar surface area (TPSA) is 52.3 Å². The van der Waals surface area contributed by atoms with Crippen LogP contribution in [0.2, 0.25) is 0 Å². The average Bonchev–Trinajstić information content (AvgIpc) is 2.35. The second kappa shape index (κ2) is 5.92. The van der Waals surface area contributed by atoms with Crippen molar-refractivity contribution in [3.8, 4) is 0 Å². The van der Waals surface area contributed by atoms with E-state index in [0.29, 0.717) is 12.1 Å². The van der Waals surface area contributed by atoms with E-state index in [9.17, 15) is 31.1 Å². The van der Waals surface area contributed by atoms with Crippen molar-refractivity contribution in [1.82, 2.24) is 0 Å². The summed E-state index contributed by atoms with van der Waals surface area (Å²) in [5.74, 6) is -0.839. The van der Waals surface area contributed by atoms with Gasteiger partial charge >= 0.3 is 18.3 Å². The molecule has 0 spiro atoms. The molecule has 0 heterocycles. The Morgan fingerprint density at radius 3 is 1.86 bits per heavy atom. The van der Waals surface area contributed by atoms with Crippen molar-refractivity contribution in [1.29, 1.82) is 0 Å². The van der Waals surface area contributed by atoms with Crippen LogP contribution in [0.5, 0.6) is 0 Å². The normalized spacial score (nSPS) is 13.9. The predicted molar refractivity (Wildman–Crippen MR) is 60.0 cm³/mol. The Labute approximate surface area is 115 Å². The highest BCUT2D eigenvalue weighted by Crippen LogP contribution is 2.37. The van der Waals surface area contributed by atoms with Crippen molar-refractivity contribution in [3.05, 3.63) is 34.9 Å². The zero-order valence-corrected chi connectivity index (χ0v) is 10.7. The fraction of sp³-hybridized carbons (Fsp3) is 0.417. The maximum absolute atomic E-state index is 12.6. The van der Waals surface area contributed by atoms with E-state index in [4.69, 9.17) is 5.73 Å². The van der Waals surface area contributed by atoms with Gasteiger partial charge in [0, 0.05) is 6.04 Å². The van der Waals surface area contributed by atoms with E-state index in [1.807, 2.05) is 0 Å². The molecule has 21 heavy (non-hydrogen) atoms. The highest BCUT2D eigenvalue weighted by molar-refractivity contribution is 5.70. The molecule has 9 heteroatoms. The number of benzene rings is 1. The van der Waals surface area contributed by atoms with Crippen molar-refractivity contribution in [2.75, 3.05) is 7.11 Å². The van der Waals surface area contributed by atoms with E-state index in [1.165, 1.54) is 0 Å². The van der Waals surface area contributed by atoms with Gasteiger partial charge in [0.2, 0.25) is 0 Å². The zero-order chi connectivity index (χ0) is 16.4. The average molecular weight is 315 g/mol. The number of esters is 1. The van der Waals surface area contributed by atoms with Gasteiger partial charge in [0.15, 0.2) is 0 Å². The third-order valence-corrected chi connectivity index (χ3v) is 2.65. The standard InChI is InChI=1S/C12H11F6NO2/c1-21-10(20)5-9(19)6-2-7(11(13,14)15)4-8(3-6)12(16,17)18/h2-4,9H,5,19H2,1H3. The molecule has 0 amide bonds. The van der Waals surface area contributed by atoms with Crippen molar-refractivity contribution in [2.45, 2.75) is 24.8 Å². The number of methoxy groups -OCH3 is 1. The van der Waals surface area contributed by atoms with Gasteiger partial charge in [-0.2, -0.15) is 26.3 Å². The fourth-order valence-electron chi connectivity index (χ4n) is 1.57. The Morgan fingerprint density at radius 1 is 1.10 bits per heavy atom. The van der Waals surface area contributed by atoms with Gasteiger partial charge in [0.1, 0.15) is 0 Å². The van der Waals surface area contributed by atoms with Crippen LogP contribution in [-0.4, -0.2) is 13.1 Å². The predicted octanol–water partition coefficient (Wildman–Crippen LogP) is 3.29. The lowest BCUT2D eigenvalue weighted by molar-refractivity contribution is -0.143. The highest BCUT2D eigenvalue weighted by atomic mass is 19.4. The Balaban J connectivity index is 3.28. The van der Waals surface area contributed by atoms with Gasteiger partial charge in [-0.3, -0.25) is 4.79 Å². The lowest BCUT2D eigenvalue weighted by Gasteiger charge is -2.17. The van der Waals surface area contributed by atoms with Gasteiger partial charge in [-0.25, -0.2) is 0 Å². The molecule has 1 rings (SSSR count). The number of nitrogens with two attached hydrogens (primary N) is 1. The summed E-state index contributed by atoms with van der Waals surface area (Å²) in [6.45, 7) is 0. The minimum Gasteiger partial charge on any atom is -0.469 e. The lowest BCUT2D eigenvalue weighted by atomic mass is 9.98. The first-order valence-corrected chi connectivity index (χ1v) is 5.57. The summed E-state index contributed by atoms with van der Waals surface area (Å²) in [5, 5.41) is 0. The van der Waals surface area contributed by atoms with Crippen LogP contribution in [0.3, 0.4) is 0 Å². The fourth-order valence-corrected chi connectivity index (χ4v) is 1.57. The molecule has 0 aliphatic carbocycles. The van der Waals surface area contributed by atoms with Crippen molar-refractivity contribution in [2.24, 2.45) is 5.73 Å². The van der Waals surface area contributed by atoms with Crippen LogP contribution in [-0.2, 0) is 21.9 Å². The Bertz CT molecular complexity index is 491. The van der Waals surface area contributed by atoms with Gasteiger partial charge in [0.05, 0.1) is 24.7 Å². The smallest absolute Gasteiger partial charge is 0.416 e. The molecule has 0 radical (unpaired) electrons. The van der Waals surface area contributed by atoms with Gasteiger partial charge < -0.3 is 10.5 Å². The van der Waals surface area contributed by atoms with E-state index in [2.05, 4.69) is 4.74 Å². The molecule has 1 aromatic rings. The summed E-state index contributed by atoms with van der Waals surface area (Å²) in [7, 11) is 1.03. The minimum atomic E-state index is -4.96. The van der Waals surface area contributed by atoms with Crippen molar-refractivity contribution in [3.63, 3.8) is 0 Å². The summed E-state index contributed by atoms with van der Waals surface area (Å²) in [6, 6.07) is -0.360. The van der Waals surface area contributed by atoms with Gasteiger partial charge in [-0.05, 0) is 23.8 Å². The van der Waals surface area contributed by atoms with Crippen LogP contribution in [0.15, 0.2) is 18.2 Å². The number of hydrogen-bond acceptors (Lipinski definition) is 3. The summed E-state index contributed by atoms with van der Waals surface area (Å²) in [6.07, 6.45) is -10.4. The molecule has 0 saturated carbocycles. The van der Waals surface area contributed by atoms with Crippen LogP contribution in [0.25, 0.3) is 0 Å². The first kappa shape index (κ1) is 17.3. The zero-order valence-electron chi connectivity index (χ0n) is 10.7. The number of rotatable bonds is 3. The molecule has 0 aliphatic heterocycles. The molecule has 1 atom stereocenters. The maximum atomic E-state index is 12.6. The molecule has 2 N–H and O–H groups in total. The number of alkyl halides is 6. The maximum Gasteiger partial charge on any atom is 0.416 e. The first-order chi connectivity index (χ1) is 9.45. The molecule has 0 saturated heterocycles. The molecule has 1 unspecified atom stereocenters. The third-order valence-electron chi connectivity index (χ3n) is 2.65. The quantitative estimate of drug-likeness (QED) is 0.688. The lowest BCUT2D eigenvalue weighted by Crippen LogP contribution is -2.19. The molecule has 3 nitrogen and oxygen atoms in total. The molecule has 0 aliphatic rings. The van der Waals surface area contributed by atoms with E-state index in [0.717, 1.165) is 7.11 Å². The van der Waals surface area contributed by atoms with Gasteiger partial charge in [-0.15, -0.1) is 0 Å². The Morgan fingerprint density at radius 2 is 1.52 bits per heavy atom. The van der Waals surface area contributed by atoms with E-state index < -0.39 is 47.5 Å². The van der Waals surface area contributed by atoms with Crippen LogP contribution in [0.1, 0.15) is 29.2 Å². The number of ether oxygens (including phenoxy) is 1. The highest BCUT2D eigenvalue weighted by Gasteiger charge is 2.37.